The van der Waals surface area contributed by atoms with Crippen LogP contribution in [0.4, 0.5) is 5.69 Å². The molecule has 216 valence electrons. The van der Waals surface area contributed by atoms with Gasteiger partial charge in [0.05, 0.1) is 24.0 Å². The number of nitrogens with zero attached hydrogens (tertiary/aromatic N) is 3. The summed E-state index contributed by atoms with van der Waals surface area (Å²) in [5.74, 6) is -1.50. The van der Waals surface area contributed by atoms with Gasteiger partial charge in [-0.3, -0.25) is 14.4 Å². The third-order valence-corrected chi connectivity index (χ3v) is 8.73. The summed E-state index contributed by atoms with van der Waals surface area (Å²) in [6.07, 6.45) is 9.63. The van der Waals surface area contributed by atoms with Crippen LogP contribution in [0.2, 0.25) is 0 Å². The van der Waals surface area contributed by atoms with Gasteiger partial charge in [-0.2, -0.15) is 0 Å². The fourth-order valence-electron chi connectivity index (χ4n) is 6.94. The van der Waals surface area contributed by atoms with Crippen LogP contribution in [0, 0.1) is 11.8 Å². The standard InChI is InChI=1S/C31H41N3O6/c1-5-39-23-13-11-22(12-14-23)33-19-9-15-30(4)24(27(33)36)25-28(37)34(17-7-6-8-20-35)26-29(38)32(21(2)3)18-10-16-31(25,26)40-30/h9-16,21,24-26,35H,5-8,17-20H2,1-4H3/t24-,25+,26?,30+,31+/m1/s1. The van der Waals surface area contributed by atoms with E-state index in [4.69, 9.17) is 9.47 Å². The molecule has 40 heavy (non-hydrogen) atoms. The summed E-state index contributed by atoms with van der Waals surface area (Å²) in [4.78, 5) is 48.0. The molecule has 9 heteroatoms. The van der Waals surface area contributed by atoms with Crippen LogP contribution < -0.4 is 9.64 Å². The van der Waals surface area contributed by atoms with E-state index >= 15 is 0 Å². The highest BCUT2D eigenvalue weighted by Gasteiger charge is 2.74. The third kappa shape index (κ3) is 4.53. The molecule has 4 aliphatic heterocycles. The number of amides is 3. The third-order valence-electron chi connectivity index (χ3n) is 8.73. The number of anilines is 1. The van der Waals surface area contributed by atoms with E-state index < -0.39 is 29.1 Å². The van der Waals surface area contributed by atoms with Crippen molar-refractivity contribution in [3.8, 4) is 5.75 Å². The first-order valence-corrected chi connectivity index (χ1v) is 14.5. The van der Waals surface area contributed by atoms with Crippen molar-refractivity contribution in [2.24, 2.45) is 11.8 Å². The maximum atomic E-state index is 14.4. The van der Waals surface area contributed by atoms with E-state index in [0.29, 0.717) is 44.8 Å². The number of hydrogen-bond donors (Lipinski definition) is 1. The lowest BCUT2D eigenvalue weighted by Gasteiger charge is -2.38. The molecule has 2 saturated heterocycles. The Morgan fingerprint density at radius 1 is 0.975 bits per heavy atom. The minimum absolute atomic E-state index is 0.0585. The van der Waals surface area contributed by atoms with Crippen LogP contribution in [0.15, 0.2) is 48.6 Å². The number of aliphatic hydroxyl groups excluding tert-OH is 1. The zero-order valence-electron chi connectivity index (χ0n) is 23.9. The van der Waals surface area contributed by atoms with Crippen molar-refractivity contribution in [3.05, 3.63) is 48.6 Å². The lowest BCUT2D eigenvalue weighted by Crippen LogP contribution is -2.57. The van der Waals surface area contributed by atoms with Gasteiger partial charge in [0.25, 0.3) is 0 Å². The summed E-state index contributed by atoms with van der Waals surface area (Å²) in [5, 5.41) is 9.25. The molecule has 3 amide bonds. The number of likely N-dealkylation sites (tertiary alicyclic amines) is 1. The van der Waals surface area contributed by atoms with Gasteiger partial charge in [0.15, 0.2) is 0 Å². The van der Waals surface area contributed by atoms with E-state index in [-0.39, 0.29) is 30.4 Å². The number of ether oxygens (including phenoxy) is 2. The van der Waals surface area contributed by atoms with Gasteiger partial charge in [0.2, 0.25) is 17.7 Å². The van der Waals surface area contributed by atoms with Crippen molar-refractivity contribution < 1.29 is 29.0 Å². The van der Waals surface area contributed by atoms with Gasteiger partial charge in [-0.15, -0.1) is 0 Å². The van der Waals surface area contributed by atoms with Gasteiger partial charge in [0.1, 0.15) is 17.4 Å². The van der Waals surface area contributed by atoms with Gasteiger partial charge in [0, 0.05) is 38.0 Å². The van der Waals surface area contributed by atoms with Crippen molar-refractivity contribution in [1.29, 1.82) is 0 Å². The lowest BCUT2D eigenvalue weighted by molar-refractivity contribution is -0.152. The van der Waals surface area contributed by atoms with Crippen molar-refractivity contribution in [1.82, 2.24) is 9.80 Å². The number of benzene rings is 1. The van der Waals surface area contributed by atoms with Crippen molar-refractivity contribution in [3.63, 3.8) is 0 Å². The maximum Gasteiger partial charge on any atom is 0.249 e. The quantitative estimate of drug-likeness (QED) is 0.374. The van der Waals surface area contributed by atoms with Gasteiger partial charge in [-0.05, 0) is 71.2 Å². The fourth-order valence-corrected chi connectivity index (χ4v) is 6.94. The second kappa shape index (κ2) is 11.0. The van der Waals surface area contributed by atoms with E-state index in [1.165, 1.54) is 0 Å². The molecule has 1 unspecified atom stereocenters. The molecule has 4 heterocycles. The van der Waals surface area contributed by atoms with Crippen molar-refractivity contribution in [2.75, 3.05) is 37.7 Å². The summed E-state index contributed by atoms with van der Waals surface area (Å²) in [5.41, 5.74) is -1.60. The summed E-state index contributed by atoms with van der Waals surface area (Å²) in [7, 11) is 0. The Balaban J connectivity index is 1.55. The SMILES string of the molecule is CCOc1ccc(N2CC=C[C@]3(C)O[C@]45C=CCN(C(C)C)C(=O)C4N(CCCCCO)C(=O)[C@@H]5[C@@H]3C2=O)cc1. The molecule has 0 aliphatic carbocycles. The lowest BCUT2D eigenvalue weighted by atomic mass is 9.74. The van der Waals surface area contributed by atoms with Crippen LogP contribution >= 0.6 is 0 Å². The Morgan fingerprint density at radius 2 is 1.70 bits per heavy atom. The summed E-state index contributed by atoms with van der Waals surface area (Å²) < 4.78 is 12.4. The van der Waals surface area contributed by atoms with Crippen LogP contribution in [0.5, 0.6) is 5.75 Å². The maximum absolute atomic E-state index is 14.4. The molecular formula is C31H41N3O6. The van der Waals surface area contributed by atoms with Crippen LogP contribution in [-0.4, -0.2) is 88.8 Å². The molecule has 1 N–H and O–H groups in total. The number of fused-ring (bicyclic) bond motifs is 2. The predicted octanol–water partition coefficient (Wildman–Crippen LogP) is 2.93. The number of carbonyl (C=O) groups excluding carboxylic acids is 3. The molecule has 1 aromatic carbocycles. The van der Waals surface area contributed by atoms with Crippen LogP contribution in [0.3, 0.4) is 0 Å². The van der Waals surface area contributed by atoms with Gasteiger partial charge < -0.3 is 29.3 Å². The smallest absolute Gasteiger partial charge is 0.249 e. The minimum Gasteiger partial charge on any atom is -0.494 e. The van der Waals surface area contributed by atoms with Gasteiger partial charge in [-0.25, -0.2) is 0 Å². The second-order valence-corrected chi connectivity index (χ2v) is 11.6. The highest BCUT2D eigenvalue weighted by molar-refractivity contribution is 6.04. The summed E-state index contributed by atoms with van der Waals surface area (Å²) in [6.45, 7) is 9.47. The van der Waals surface area contributed by atoms with E-state index in [1.807, 2.05) is 76.3 Å². The zero-order valence-corrected chi connectivity index (χ0v) is 23.9. The largest absolute Gasteiger partial charge is 0.494 e. The molecule has 4 aliphatic rings. The number of aliphatic hydroxyl groups is 1. The molecule has 0 bridgehead atoms. The summed E-state index contributed by atoms with van der Waals surface area (Å²) in [6, 6.07) is 6.47. The molecule has 1 aromatic rings. The average molecular weight is 552 g/mol. The highest BCUT2D eigenvalue weighted by Crippen LogP contribution is 2.57. The van der Waals surface area contributed by atoms with Gasteiger partial charge >= 0.3 is 0 Å². The molecule has 1 spiro atoms. The minimum atomic E-state index is -1.25. The summed E-state index contributed by atoms with van der Waals surface area (Å²) >= 11 is 0. The number of hydrogen-bond acceptors (Lipinski definition) is 6. The van der Waals surface area contributed by atoms with E-state index in [9.17, 15) is 19.5 Å². The second-order valence-electron chi connectivity index (χ2n) is 11.6. The molecule has 5 rings (SSSR count). The number of rotatable bonds is 9. The van der Waals surface area contributed by atoms with E-state index in [1.54, 1.807) is 14.7 Å². The molecule has 5 atom stereocenters. The molecule has 9 nitrogen and oxygen atoms in total. The van der Waals surface area contributed by atoms with E-state index in [2.05, 4.69) is 0 Å². The van der Waals surface area contributed by atoms with Crippen LogP contribution in [0.1, 0.15) is 47.0 Å². The first-order chi connectivity index (χ1) is 19.2. The van der Waals surface area contributed by atoms with E-state index in [0.717, 1.165) is 12.2 Å². The van der Waals surface area contributed by atoms with Crippen molar-refractivity contribution >= 4 is 23.4 Å². The van der Waals surface area contributed by atoms with Crippen LogP contribution in [0.25, 0.3) is 0 Å². The monoisotopic (exact) mass is 551 g/mol. The molecular weight excluding hydrogens is 510 g/mol. The number of unbranched alkanes of at least 4 members (excludes halogenated alkanes) is 2. The number of carbonyl (C=O) groups is 3. The molecule has 2 fully saturated rings. The Labute approximate surface area is 236 Å². The van der Waals surface area contributed by atoms with Crippen LogP contribution in [-0.2, 0) is 19.1 Å². The first kappa shape index (κ1) is 28.4. The normalized spacial score (nSPS) is 31.4. The van der Waals surface area contributed by atoms with Gasteiger partial charge in [-0.1, -0.05) is 24.3 Å². The topological polar surface area (TPSA) is 99.6 Å². The Bertz CT molecular complexity index is 1200. The molecule has 0 saturated carbocycles. The highest BCUT2D eigenvalue weighted by atomic mass is 16.5. The Hall–Kier alpha value is -3.17. The molecule has 0 aromatic heterocycles. The Kier molecular flexibility index (Phi) is 7.81. The van der Waals surface area contributed by atoms with Crippen molar-refractivity contribution in [2.45, 2.75) is 70.2 Å². The fraction of sp³-hybridized carbons (Fsp3) is 0.581. The predicted molar refractivity (Wildman–Crippen MR) is 151 cm³/mol. The first-order valence-electron chi connectivity index (χ1n) is 14.5. The molecule has 0 radical (unpaired) electrons. The Morgan fingerprint density at radius 3 is 2.38 bits per heavy atom. The zero-order chi connectivity index (χ0) is 28.7. The average Bonchev–Trinajstić information content (AvgIpc) is 3.18.